The second-order valence-electron chi connectivity index (χ2n) is 4.17. The molecule has 2 aromatic heterocycles. The van der Waals surface area contributed by atoms with Gasteiger partial charge in [0.15, 0.2) is 5.82 Å². The first-order valence-electron chi connectivity index (χ1n) is 5.96. The minimum atomic E-state index is 0.722. The van der Waals surface area contributed by atoms with Gasteiger partial charge in [0.25, 0.3) is 0 Å². The molecular formula is C11H14ClN5S. The molecule has 2 aromatic rings. The van der Waals surface area contributed by atoms with Crippen LogP contribution >= 0.6 is 22.9 Å². The number of aromatic nitrogens is 3. The average Bonchev–Trinajstić information content (AvgIpc) is 2.91. The second-order valence-corrected chi connectivity index (χ2v) is 5.50. The Labute approximate surface area is 114 Å². The predicted molar refractivity (Wildman–Crippen MR) is 74.4 cm³/mol. The molecule has 1 aliphatic rings. The number of aromatic amines is 1. The molecule has 1 saturated heterocycles. The van der Waals surface area contributed by atoms with Crippen molar-refractivity contribution in [3.63, 3.8) is 0 Å². The third kappa shape index (κ3) is 2.36. The average molecular weight is 284 g/mol. The number of anilines is 1. The van der Waals surface area contributed by atoms with E-state index in [1.54, 1.807) is 11.3 Å². The lowest BCUT2D eigenvalue weighted by molar-refractivity contribution is 0.724. The predicted octanol–water partition coefficient (Wildman–Crippen LogP) is 1.99. The van der Waals surface area contributed by atoms with E-state index in [1.165, 1.54) is 0 Å². The molecule has 0 aliphatic carbocycles. The Morgan fingerprint density at radius 1 is 1.33 bits per heavy atom. The Morgan fingerprint density at radius 2 is 2.28 bits per heavy atom. The van der Waals surface area contributed by atoms with Gasteiger partial charge < -0.3 is 10.2 Å². The Balaban J connectivity index is 1.82. The molecule has 0 aromatic carbocycles. The molecule has 0 spiro atoms. The van der Waals surface area contributed by atoms with Gasteiger partial charge in [-0.05, 0) is 24.4 Å². The van der Waals surface area contributed by atoms with Crippen LogP contribution in [0.25, 0.3) is 10.7 Å². The zero-order chi connectivity index (χ0) is 12.4. The molecular weight excluding hydrogens is 270 g/mol. The zero-order valence-corrected chi connectivity index (χ0v) is 11.4. The van der Waals surface area contributed by atoms with E-state index in [0.29, 0.717) is 0 Å². The van der Waals surface area contributed by atoms with E-state index in [0.717, 1.165) is 54.3 Å². The molecule has 3 heterocycles. The number of halogens is 1. The summed E-state index contributed by atoms with van der Waals surface area (Å²) in [5.74, 6) is 1.51. The van der Waals surface area contributed by atoms with Crippen LogP contribution in [0.2, 0.25) is 5.02 Å². The fourth-order valence-corrected chi connectivity index (χ4v) is 3.09. The first-order chi connectivity index (χ1) is 8.84. The highest BCUT2D eigenvalue weighted by atomic mass is 35.5. The monoisotopic (exact) mass is 283 g/mol. The van der Waals surface area contributed by atoms with Crippen LogP contribution < -0.4 is 10.2 Å². The lowest BCUT2D eigenvalue weighted by atomic mass is 10.4. The van der Waals surface area contributed by atoms with Gasteiger partial charge in [0.2, 0.25) is 5.95 Å². The van der Waals surface area contributed by atoms with E-state index in [1.807, 2.05) is 11.4 Å². The van der Waals surface area contributed by atoms with E-state index in [4.69, 9.17) is 11.6 Å². The largest absolute Gasteiger partial charge is 0.338 e. The van der Waals surface area contributed by atoms with E-state index >= 15 is 0 Å². The minimum Gasteiger partial charge on any atom is -0.338 e. The van der Waals surface area contributed by atoms with E-state index < -0.39 is 0 Å². The zero-order valence-electron chi connectivity index (χ0n) is 9.82. The molecule has 1 fully saturated rings. The van der Waals surface area contributed by atoms with Crippen LogP contribution in [0.3, 0.4) is 0 Å². The van der Waals surface area contributed by atoms with Crippen LogP contribution in [0.1, 0.15) is 6.42 Å². The Bertz CT molecular complexity index is 515. The molecule has 0 saturated carbocycles. The van der Waals surface area contributed by atoms with Gasteiger partial charge in [0, 0.05) is 19.6 Å². The molecule has 0 radical (unpaired) electrons. The van der Waals surface area contributed by atoms with Gasteiger partial charge in [-0.2, -0.15) is 4.98 Å². The van der Waals surface area contributed by atoms with Gasteiger partial charge in [-0.15, -0.1) is 16.4 Å². The smallest absolute Gasteiger partial charge is 0.245 e. The molecule has 0 unspecified atom stereocenters. The molecule has 3 rings (SSSR count). The number of rotatable bonds is 2. The summed E-state index contributed by atoms with van der Waals surface area (Å²) < 4.78 is 0. The lowest BCUT2D eigenvalue weighted by Crippen LogP contribution is -2.28. The summed E-state index contributed by atoms with van der Waals surface area (Å²) in [6.45, 7) is 3.96. The van der Waals surface area contributed by atoms with Gasteiger partial charge in [-0.3, -0.25) is 5.10 Å². The minimum absolute atomic E-state index is 0.722. The van der Waals surface area contributed by atoms with E-state index in [9.17, 15) is 0 Å². The second kappa shape index (κ2) is 5.26. The van der Waals surface area contributed by atoms with Gasteiger partial charge in [0.05, 0.1) is 9.90 Å². The van der Waals surface area contributed by atoms with Gasteiger partial charge in [-0.25, -0.2) is 0 Å². The first-order valence-corrected chi connectivity index (χ1v) is 7.22. The quantitative estimate of drug-likeness (QED) is 0.885. The van der Waals surface area contributed by atoms with Crippen molar-refractivity contribution in [3.8, 4) is 10.7 Å². The number of nitrogens with zero attached hydrogens (tertiary/aromatic N) is 3. The van der Waals surface area contributed by atoms with Crippen molar-refractivity contribution >= 4 is 28.9 Å². The van der Waals surface area contributed by atoms with Crippen LogP contribution in [-0.2, 0) is 0 Å². The number of hydrogen-bond donors (Lipinski definition) is 2. The lowest BCUT2D eigenvalue weighted by Gasteiger charge is -2.16. The van der Waals surface area contributed by atoms with Crippen molar-refractivity contribution in [1.29, 1.82) is 0 Å². The van der Waals surface area contributed by atoms with Gasteiger partial charge in [-0.1, -0.05) is 11.6 Å². The summed E-state index contributed by atoms with van der Waals surface area (Å²) in [6.07, 6.45) is 1.11. The maximum Gasteiger partial charge on any atom is 0.245 e. The van der Waals surface area contributed by atoms with Crippen molar-refractivity contribution in [2.75, 3.05) is 31.1 Å². The van der Waals surface area contributed by atoms with Crippen molar-refractivity contribution < 1.29 is 0 Å². The first kappa shape index (κ1) is 12.0. The van der Waals surface area contributed by atoms with Crippen LogP contribution in [-0.4, -0.2) is 41.4 Å². The summed E-state index contributed by atoms with van der Waals surface area (Å²) >= 11 is 7.66. The number of thiophene rings is 1. The molecule has 1 aliphatic heterocycles. The van der Waals surface area contributed by atoms with Crippen molar-refractivity contribution in [2.45, 2.75) is 6.42 Å². The van der Waals surface area contributed by atoms with E-state index in [-0.39, 0.29) is 0 Å². The third-order valence-electron chi connectivity index (χ3n) is 2.93. The van der Waals surface area contributed by atoms with Gasteiger partial charge >= 0.3 is 0 Å². The molecule has 0 amide bonds. The van der Waals surface area contributed by atoms with Crippen molar-refractivity contribution in [2.24, 2.45) is 0 Å². The summed E-state index contributed by atoms with van der Waals surface area (Å²) in [6, 6.07) is 1.87. The van der Waals surface area contributed by atoms with Crippen LogP contribution in [0.15, 0.2) is 11.4 Å². The SMILES string of the molecule is Clc1ccsc1-c1nc(N2CCCNCC2)n[nH]1. The fourth-order valence-electron chi connectivity index (χ4n) is 2.00. The Hall–Kier alpha value is -1.11. The molecule has 0 bridgehead atoms. The van der Waals surface area contributed by atoms with Gasteiger partial charge in [0.1, 0.15) is 0 Å². The third-order valence-corrected chi connectivity index (χ3v) is 4.28. The van der Waals surface area contributed by atoms with Crippen molar-refractivity contribution in [1.82, 2.24) is 20.5 Å². The van der Waals surface area contributed by atoms with E-state index in [2.05, 4.69) is 25.4 Å². The molecule has 18 heavy (non-hydrogen) atoms. The normalized spacial score (nSPS) is 16.8. The topological polar surface area (TPSA) is 56.8 Å². The standard InChI is InChI=1S/C11H14ClN5S/c12-8-2-7-18-9(8)10-14-11(16-15-10)17-5-1-3-13-4-6-17/h2,7,13H,1,3-6H2,(H,14,15,16). The molecule has 7 heteroatoms. The number of nitrogens with one attached hydrogen (secondary N) is 2. The highest BCUT2D eigenvalue weighted by Crippen LogP contribution is 2.31. The maximum atomic E-state index is 6.09. The molecule has 5 nitrogen and oxygen atoms in total. The Kier molecular flexibility index (Phi) is 3.49. The fraction of sp³-hybridized carbons (Fsp3) is 0.455. The number of H-pyrrole nitrogens is 1. The van der Waals surface area contributed by atoms with Crippen LogP contribution in [0.4, 0.5) is 5.95 Å². The summed E-state index contributed by atoms with van der Waals surface area (Å²) in [7, 11) is 0. The summed E-state index contributed by atoms with van der Waals surface area (Å²) in [5, 5.41) is 13.3. The molecule has 2 N–H and O–H groups in total. The maximum absolute atomic E-state index is 6.09. The number of hydrogen-bond acceptors (Lipinski definition) is 5. The summed E-state index contributed by atoms with van der Waals surface area (Å²) in [4.78, 5) is 7.68. The highest BCUT2D eigenvalue weighted by molar-refractivity contribution is 7.14. The van der Waals surface area contributed by atoms with Crippen LogP contribution in [0.5, 0.6) is 0 Å². The highest BCUT2D eigenvalue weighted by Gasteiger charge is 2.16. The molecule has 0 atom stereocenters. The van der Waals surface area contributed by atoms with Crippen molar-refractivity contribution in [3.05, 3.63) is 16.5 Å². The Morgan fingerprint density at radius 3 is 3.11 bits per heavy atom. The van der Waals surface area contributed by atoms with Crippen LogP contribution in [0, 0.1) is 0 Å². The molecule has 96 valence electrons. The summed E-state index contributed by atoms with van der Waals surface area (Å²) in [5.41, 5.74) is 0.